The Kier molecular flexibility index (Phi) is 3.52. The number of nitrogen functional groups attached to an aromatic ring is 1. The third kappa shape index (κ3) is 2.51. The fourth-order valence-electron chi connectivity index (χ4n) is 1.34. The molecule has 1 heterocycles. The maximum Gasteiger partial charge on any atom is 0.305 e. The zero-order chi connectivity index (χ0) is 14.9. The number of nitrogens with one attached hydrogen (secondary N) is 1. The summed E-state index contributed by atoms with van der Waals surface area (Å²) in [6, 6.07) is 1.26. The predicted octanol–water partition coefficient (Wildman–Crippen LogP) is 1.56. The molecule has 1 aromatic carbocycles. The molecule has 0 aliphatic rings. The van der Waals surface area contributed by atoms with Gasteiger partial charge in [-0.15, -0.1) is 10.2 Å². The number of nitro groups is 1. The lowest BCUT2D eigenvalue weighted by molar-refractivity contribution is -0.387. The van der Waals surface area contributed by atoms with Gasteiger partial charge in [-0.25, -0.2) is 4.39 Å². The smallest absolute Gasteiger partial charge is 0.305 e. The number of aromatic nitrogens is 2. The molecular formula is C9H5F2N5O3S. The van der Waals surface area contributed by atoms with Crippen LogP contribution in [0, 0.1) is 21.7 Å². The van der Waals surface area contributed by atoms with E-state index in [1.54, 1.807) is 0 Å². The van der Waals surface area contributed by atoms with Gasteiger partial charge in [0.2, 0.25) is 16.1 Å². The Morgan fingerprint density at radius 2 is 2.10 bits per heavy atom. The summed E-state index contributed by atoms with van der Waals surface area (Å²) in [5.74, 6) is -4.02. The molecule has 0 saturated heterocycles. The molecule has 0 saturated carbocycles. The van der Waals surface area contributed by atoms with Crippen LogP contribution < -0.4 is 11.1 Å². The molecule has 3 N–H and O–H groups in total. The largest absolute Gasteiger partial charge is 0.374 e. The van der Waals surface area contributed by atoms with E-state index in [1.165, 1.54) is 0 Å². The number of nitrogens with two attached hydrogens (primary N) is 1. The maximum atomic E-state index is 13.7. The lowest BCUT2D eigenvalue weighted by Gasteiger charge is -2.04. The highest BCUT2D eigenvalue weighted by Crippen LogP contribution is 2.24. The van der Waals surface area contributed by atoms with Crippen molar-refractivity contribution in [2.45, 2.75) is 0 Å². The predicted molar refractivity (Wildman–Crippen MR) is 65.3 cm³/mol. The van der Waals surface area contributed by atoms with Gasteiger partial charge in [0, 0.05) is 6.07 Å². The molecule has 0 spiro atoms. The number of hydrogen-bond donors (Lipinski definition) is 2. The Morgan fingerprint density at radius 3 is 2.65 bits per heavy atom. The molecule has 1 amide bonds. The topological polar surface area (TPSA) is 124 Å². The first-order valence-electron chi connectivity index (χ1n) is 4.93. The van der Waals surface area contributed by atoms with Gasteiger partial charge in [-0.2, -0.15) is 4.39 Å². The van der Waals surface area contributed by atoms with Crippen molar-refractivity contribution in [3.63, 3.8) is 0 Å². The van der Waals surface area contributed by atoms with Crippen LogP contribution in [0.2, 0.25) is 0 Å². The standard InChI is InChI=1S/C9H5F2N5O3S/c10-3-1-2-4(16(18)19)6(11)5(3)7(17)13-9-15-14-8(12)20-9/h1-2H,(H2,12,14)(H,13,15,17). The molecule has 0 bridgehead atoms. The highest BCUT2D eigenvalue weighted by molar-refractivity contribution is 7.19. The second-order valence-electron chi connectivity index (χ2n) is 3.41. The van der Waals surface area contributed by atoms with Crippen molar-refractivity contribution in [3.8, 4) is 0 Å². The number of nitro benzene ring substituents is 1. The summed E-state index contributed by atoms with van der Waals surface area (Å²) in [4.78, 5) is 21.2. The number of benzene rings is 1. The van der Waals surface area contributed by atoms with E-state index in [0.717, 1.165) is 11.3 Å². The SMILES string of the molecule is Nc1nnc(NC(=O)c2c(F)ccc([N+](=O)[O-])c2F)s1. The summed E-state index contributed by atoms with van der Waals surface area (Å²) in [7, 11) is 0. The van der Waals surface area contributed by atoms with Gasteiger partial charge in [0.05, 0.1) is 4.92 Å². The van der Waals surface area contributed by atoms with E-state index in [4.69, 9.17) is 5.73 Å². The first kappa shape index (κ1) is 13.7. The number of carbonyl (C=O) groups is 1. The summed E-state index contributed by atoms with van der Waals surface area (Å²) in [5.41, 5.74) is 3.19. The Labute approximate surface area is 113 Å². The van der Waals surface area contributed by atoms with E-state index in [9.17, 15) is 23.7 Å². The Morgan fingerprint density at radius 1 is 1.40 bits per heavy atom. The average molecular weight is 301 g/mol. The maximum absolute atomic E-state index is 13.7. The van der Waals surface area contributed by atoms with E-state index < -0.39 is 33.7 Å². The molecule has 0 aliphatic heterocycles. The van der Waals surface area contributed by atoms with Crippen molar-refractivity contribution in [3.05, 3.63) is 39.4 Å². The number of hydrogen-bond acceptors (Lipinski definition) is 7. The van der Waals surface area contributed by atoms with E-state index >= 15 is 0 Å². The molecule has 2 rings (SSSR count). The minimum absolute atomic E-state index is 0.0419. The van der Waals surface area contributed by atoms with Crippen LogP contribution in [0.1, 0.15) is 10.4 Å². The van der Waals surface area contributed by atoms with Gasteiger partial charge in [0.25, 0.3) is 5.91 Å². The number of nitrogens with zero attached hydrogens (tertiary/aromatic N) is 3. The summed E-state index contributed by atoms with van der Waals surface area (Å²) in [5, 5.41) is 19.4. The minimum Gasteiger partial charge on any atom is -0.374 e. The van der Waals surface area contributed by atoms with Gasteiger partial charge in [-0.1, -0.05) is 11.3 Å². The monoisotopic (exact) mass is 301 g/mol. The number of halogens is 2. The summed E-state index contributed by atoms with van der Waals surface area (Å²) < 4.78 is 27.2. The molecule has 0 aliphatic carbocycles. The third-order valence-electron chi connectivity index (χ3n) is 2.16. The van der Waals surface area contributed by atoms with Crippen LogP contribution in [0.15, 0.2) is 12.1 Å². The molecule has 11 heteroatoms. The first-order valence-corrected chi connectivity index (χ1v) is 5.74. The van der Waals surface area contributed by atoms with Crippen molar-refractivity contribution < 1.29 is 18.5 Å². The van der Waals surface area contributed by atoms with Crippen molar-refractivity contribution >= 4 is 33.2 Å². The second kappa shape index (κ2) is 5.13. The van der Waals surface area contributed by atoms with Gasteiger partial charge in [-0.3, -0.25) is 20.2 Å². The molecule has 0 atom stereocenters. The van der Waals surface area contributed by atoms with Crippen LogP contribution in [0.25, 0.3) is 0 Å². The summed E-state index contributed by atoms with van der Waals surface area (Å²) >= 11 is 0.778. The van der Waals surface area contributed by atoms with Crippen LogP contribution >= 0.6 is 11.3 Å². The van der Waals surface area contributed by atoms with Crippen LogP contribution in [-0.2, 0) is 0 Å². The lowest BCUT2D eigenvalue weighted by atomic mass is 10.1. The average Bonchev–Trinajstić information content (AvgIpc) is 2.74. The van der Waals surface area contributed by atoms with Crippen molar-refractivity contribution in [1.29, 1.82) is 0 Å². The highest BCUT2D eigenvalue weighted by atomic mass is 32.1. The lowest BCUT2D eigenvalue weighted by Crippen LogP contribution is -2.16. The summed E-state index contributed by atoms with van der Waals surface area (Å²) in [6.07, 6.45) is 0. The number of rotatable bonds is 3. The third-order valence-corrected chi connectivity index (χ3v) is 2.82. The normalized spacial score (nSPS) is 10.3. The van der Waals surface area contributed by atoms with E-state index in [2.05, 4.69) is 15.5 Å². The molecule has 0 fully saturated rings. The van der Waals surface area contributed by atoms with Crippen molar-refractivity contribution in [2.24, 2.45) is 0 Å². The molecule has 0 radical (unpaired) electrons. The van der Waals surface area contributed by atoms with Gasteiger partial charge in [0.15, 0.2) is 0 Å². The Bertz CT molecular complexity index is 705. The summed E-state index contributed by atoms with van der Waals surface area (Å²) in [6.45, 7) is 0. The van der Waals surface area contributed by atoms with Gasteiger partial charge in [0.1, 0.15) is 11.4 Å². The van der Waals surface area contributed by atoms with E-state index in [1.807, 2.05) is 0 Å². The van der Waals surface area contributed by atoms with Gasteiger partial charge < -0.3 is 5.73 Å². The zero-order valence-corrected chi connectivity index (χ0v) is 10.3. The molecular weight excluding hydrogens is 296 g/mol. The molecule has 20 heavy (non-hydrogen) atoms. The molecule has 104 valence electrons. The Balaban J connectivity index is 2.38. The molecule has 0 unspecified atom stereocenters. The quantitative estimate of drug-likeness (QED) is 0.654. The fraction of sp³-hybridized carbons (Fsp3) is 0. The van der Waals surface area contributed by atoms with Gasteiger partial charge >= 0.3 is 5.69 Å². The zero-order valence-electron chi connectivity index (χ0n) is 9.46. The van der Waals surface area contributed by atoms with Crippen LogP contribution in [0.4, 0.5) is 24.7 Å². The molecule has 8 nitrogen and oxygen atoms in total. The van der Waals surface area contributed by atoms with Crippen LogP contribution in [0.5, 0.6) is 0 Å². The van der Waals surface area contributed by atoms with Crippen molar-refractivity contribution in [1.82, 2.24) is 10.2 Å². The number of carbonyl (C=O) groups excluding carboxylic acids is 1. The minimum atomic E-state index is -1.56. The fourth-order valence-corrected chi connectivity index (χ4v) is 1.84. The molecule has 2 aromatic rings. The number of amides is 1. The molecule has 1 aromatic heterocycles. The highest BCUT2D eigenvalue weighted by Gasteiger charge is 2.26. The Hall–Kier alpha value is -2.69. The van der Waals surface area contributed by atoms with E-state index in [0.29, 0.717) is 12.1 Å². The first-order chi connectivity index (χ1) is 9.40. The van der Waals surface area contributed by atoms with Crippen LogP contribution in [0.3, 0.4) is 0 Å². The van der Waals surface area contributed by atoms with E-state index in [-0.39, 0.29) is 10.3 Å². The second-order valence-corrected chi connectivity index (χ2v) is 4.42. The number of anilines is 2. The van der Waals surface area contributed by atoms with Crippen LogP contribution in [-0.4, -0.2) is 21.0 Å². The van der Waals surface area contributed by atoms with Crippen molar-refractivity contribution in [2.75, 3.05) is 11.1 Å². The van der Waals surface area contributed by atoms with Gasteiger partial charge in [-0.05, 0) is 6.07 Å².